The van der Waals surface area contributed by atoms with Crippen molar-refractivity contribution in [1.29, 1.82) is 5.26 Å². The van der Waals surface area contributed by atoms with Crippen LogP contribution in [0.15, 0.2) is 29.4 Å². The van der Waals surface area contributed by atoms with Crippen molar-refractivity contribution in [2.75, 3.05) is 5.32 Å². The fraction of sp³-hybridized carbons (Fsp3) is 0.300. The minimum absolute atomic E-state index is 0.117. The van der Waals surface area contributed by atoms with E-state index in [2.05, 4.69) is 15.3 Å². The first-order valence-electron chi connectivity index (χ1n) is 9.10. The fourth-order valence-corrected chi connectivity index (χ4v) is 3.48. The third kappa shape index (κ3) is 4.60. The molecule has 0 radical (unpaired) electrons. The van der Waals surface area contributed by atoms with Gasteiger partial charge in [0.2, 0.25) is 0 Å². The number of carbonyl (C=O) groups excluding carboxylic acids is 1. The van der Waals surface area contributed by atoms with Gasteiger partial charge in [0, 0.05) is 36.9 Å². The van der Waals surface area contributed by atoms with Gasteiger partial charge < -0.3 is 15.8 Å². The van der Waals surface area contributed by atoms with E-state index >= 15 is 0 Å². The first-order chi connectivity index (χ1) is 14.8. The molecule has 1 aliphatic heterocycles. The summed E-state index contributed by atoms with van der Waals surface area (Å²) in [4.78, 5) is 20.2. The lowest BCUT2D eigenvalue weighted by atomic mass is 9.84. The lowest BCUT2D eigenvalue weighted by Gasteiger charge is -2.37. The Morgan fingerprint density at radius 3 is 2.69 bits per heavy atom. The number of aliphatic imine (C=N–C) groups is 1. The highest BCUT2D eigenvalue weighted by Gasteiger charge is 2.47. The molecule has 1 amide bonds. The third-order valence-electron chi connectivity index (χ3n) is 4.82. The molecule has 1 aromatic carbocycles. The van der Waals surface area contributed by atoms with Crippen LogP contribution in [-0.4, -0.2) is 28.9 Å². The minimum Gasteiger partial charge on any atom is -0.456 e. The average Bonchev–Trinajstić information content (AvgIpc) is 2.68. The Balaban J connectivity index is 1.99. The summed E-state index contributed by atoms with van der Waals surface area (Å²) in [6.07, 6.45) is -1.12. The Morgan fingerprint density at radius 1 is 1.41 bits per heavy atom. The van der Waals surface area contributed by atoms with Crippen molar-refractivity contribution in [1.82, 2.24) is 4.98 Å². The number of alkyl halides is 2. The molecule has 0 bridgehead atoms. The molecule has 12 heteroatoms. The number of hydrogen-bond acceptors (Lipinski definition) is 6. The van der Waals surface area contributed by atoms with Crippen LogP contribution in [-0.2, 0) is 10.3 Å². The molecular weight excluding hydrogens is 454 g/mol. The highest BCUT2D eigenvalue weighted by atomic mass is 35.5. The van der Waals surface area contributed by atoms with E-state index in [0.29, 0.717) is 13.0 Å². The van der Waals surface area contributed by atoms with E-state index < -0.39 is 53.1 Å². The van der Waals surface area contributed by atoms with Gasteiger partial charge in [0.25, 0.3) is 17.9 Å². The van der Waals surface area contributed by atoms with E-state index in [1.54, 1.807) is 6.07 Å². The Morgan fingerprint density at radius 2 is 2.09 bits per heavy atom. The summed E-state index contributed by atoms with van der Waals surface area (Å²) < 4.78 is 61.6. The Kier molecular flexibility index (Phi) is 6.02. The third-order valence-corrected chi connectivity index (χ3v) is 5.11. The number of aromatic nitrogens is 1. The van der Waals surface area contributed by atoms with Crippen molar-refractivity contribution in [2.45, 2.75) is 37.8 Å². The van der Waals surface area contributed by atoms with Crippen LogP contribution in [0.1, 0.15) is 41.9 Å². The average molecular weight is 470 g/mol. The van der Waals surface area contributed by atoms with Crippen molar-refractivity contribution in [3.63, 3.8) is 0 Å². The van der Waals surface area contributed by atoms with E-state index in [0.717, 1.165) is 12.3 Å². The molecule has 2 atom stereocenters. The molecular formula is C20H16ClF4N5O2. The molecule has 1 aromatic heterocycles. The van der Waals surface area contributed by atoms with Crippen molar-refractivity contribution >= 4 is 29.2 Å². The number of nitrogens with zero attached hydrogens (tertiary/aromatic N) is 3. The van der Waals surface area contributed by atoms with Crippen molar-refractivity contribution in [3.05, 3.63) is 57.9 Å². The number of rotatable bonds is 4. The number of anilines is 1. The van der Waals surface area contributed by atoms with E-state index in [1.807, 2.05) is 0 Å². The number of amidine groups is 1. The van der Waals surface area contributed by atoms with Crippen LogP contribution in [0.4, 0.5) is 23.2 Å². The van der Waals surface area contributed by atoms with Gasteiger partial charge in [-0.1, -0.05) is 11.6 Å². The van der Waals surface area contributed by atoms with Crippen LogP contribution in [0.25, 0.3) is 0 Å². The Hall–Kier alpha value is -3.39. The molecule has 7 nitrogen and oxygen atoms in total. The highest BCUT2D eigenvalue weighted by Crippen LogP contribution is 2.41. The first kappa shape index (κ1) is 23.3. The van der Waals surface area contributed by atoms with Crippen molar-refractivity contribution in [3.8, 4) is 6.07 Å². The van der Waals surface area contributed by atoms with Crippen LogP contribution in [0.5, 0.6) is 0 Å². The zero-order valence-corrected chi connectivity index (χ0v) is 17.5. The second-order valence-electron chi connectivity index (χ2n) is 7.43. The zero-order chi connectivity index (χ0) is 23.8. The van der Waals surface area contributed by atoms with Crippen molar-refractivity contribution < 1.29 is 27.1 Å². The van der Waals surface area contributed by atoms with Gasteiger partial charge >= 0.3 is 0 Å². The molecule has 1 aliphatic rings. The standard InChI is InChI=1S/C20H16ClF4N5O2/c1-19(6-14(20(2,24)25)32-18(27)30-19)11-4-10(5-13(22)15(11)23)29-17(31)16-12(21)3-9(7-26)8-28-16/h3-5,8,14H,6H2,1-2H3,(H2,27,30)(H,29,31)/t14-,19-/m0/s1. The number of carbonyl (C=O) groups is 1. The van der Waals surface area contributed by atoms with Gasteiger partial charge in [0.15, 0.2) is 17.7 Å². The molecule has 0 fully saturated rings. The topological polar surface area (TPSA) is 113 Å². The zero-order valence-electron chi connectivity index (χ0n) is 16.7. The molecule has 168 valence electrons. The molecule has 2 aromatic rings. The predicted octanol–water partition coefficient (Wildman–Crippen LogP) is 4.11. The maximum Gasteiger partial charge on any atom is 0.283 e. The number of benzene rings is 1. The second kappa shape index (κ2) is 8.27. The smallest absolute Gasteiger partial charge is 0.283 e. The van der Waals surface area contributed by atoms with Gasteiger partial charge in [-0.3, -0.25) is 4.79 Å². The molecule has 3 N–H and O–H groups in total. The number of halogens is 5. The van der Waals surface area contributed by atoms with Crippen molar-refractivity contribution in [2.24, 2.45) is 10.7 Å². The number of ether oxygens (including phenoxy) is 1. The number of nitrogens with two attached hydrogens (primary N) is 1. The summed E-state index contributed by atoms with van der Waals surface area (Å²) in [5, 5.41) is 11.0. The molecule has 3 rings (SSSR count). The van der Waals surface area contributed by atoms with E-state index in [9.17, 15) is 22.4 Å². The summed E-state index contributed by atoms with van der Waals surface area (Å²) in [5.74, 6) is -6.88. The monoisotopic (exact) mass is 469 g/mol. The fourth-order valence-electron chi connectivity index (χ4n) is 3.23. The van der Waals surface area contributed by atoms with Crippen LogP contribution in [0.2, 0.25) is 5.02 Å². The second-order valence-corrected chi connectivity index (χ2v) is 7.84. The number of hydrogen-bond donors (Lipinski definition) is 2. The van der Waals surface area contributed by atoms with E-state index in [4.69, 9.17) is 27.3 Å². The number of nitriles is 1. The maximum atomic E-state index is 14.7. The van der Waals surface area contributed by atoms with Gasteiger partial charge in [0.1, 0.15) is 11.8 Å². The summed E-state index contributed by atoms with van der Waals surface area (Å²) >= 11 is 5.95. The summed E-state index contributed by atoms with van der Waals surface area (Å²) in [6.45, 7) is 1.90. The molecule has 32 heavy (non-hydrogen) atoms. The normalized spacial score (nSPS) is 20.7. The Labute approximate surface area is 184 Å². The van der Waals surface area contributed by atoms with Gasteiger partial charge in [0.05, 0.1) is 16.1 Å². The molecule has 0 unspecified atom stereocenters. The van der Waals surface area contributed by atoms with Crippen LogP contribution >= 0.6 is 11.6 Å². The molecule has 0 aliphatic carbocycles. The van der Waals surface area contributed by atoms with Gasteiger partial charge in [-0.25, -0.2) is 27.5 Å². The van der Waals surface area contributed by atoms with Crippen LogP contribution < -0.4 is 11.1 Å². The SMILES string of the molecule is CC(F)(F)[C@@H]1C[C@@](C)(c2cc(NC(=O)c3ncc(C#N)cc3Cl)cc(F)c2F)N=C(N)O1. The minimum atomic E-state index is -3.33. The number of nitrogens with one attached hydrogen (secondary N) is 1. The quantitative estimate of drug-likeness (QED) is 0.654. The maximum absolute atomic E-state index is 14.7. The summed E-state index contributed by atoms with van der Waals surface area (Å²) in [6, 6.07) is 4.18. The highest BCUT2D eigenvalue weighted by molar-refractivity contribution is 6.34. The first-order valence-corrected chi connectivity index (χ1v) is 9.48. The summed E-state index contributed by atoms with van der Waals surface area (Å²) in [7, 11) is 0. The lowest BCUT2D eigenvalue weighted by molar-refractivity contribution is -0.103. The van der Waals surface area contributed by atoms with Crippen LogP contribution in [0.3, 0.4) is 0 Å². The molecule has 2 heterocycles. The Bertz CT molecular complexity index is 1160. The lowest BCUT2D eigenvalue weighted by Crippen LogP contribution is -2.46. The van der Waals surface area contributed by atoms with Gasteiger partial charge in [-0.05, 0) is 19.1 Å². The molecule has 0 saturated heterocycles. The summed E-state index contributed by atoms with van der Waals surface area (Å²) in [5.41, 5.74) is 3.06. The number of pyridine rings is 1. The van der Waals surface area contributed by atoms with E-state index in [1.165, 1.54) is 13.0 Å². The van der Waals surface area contributed by atoms with E-state index in [-0.39, 0.29) is 22.0 Å². The molecule has 0 spiro atoms. The van der Waals surface area contributed by atoms with Gasteiger partial charge in [-0.15, -0.1) is 0 Å². The van der Waals surface area contributed by atoms with Crippen LogP contribution in [0, 0.1) is 23.0 Å². The largest absolute Gasteiger partial charge is 0.456 e. The number of amides is 1. The predicted molar refractivity (Wildman–Crippen MR) is 107 cm³/mol. The molecule has 0 saturated carbocycles. The van der Waals surface area contributed by atoms with Gasteiger partial charge in [-0.2, -0.15) is 5.26 Å².